The van der Waals surface area contributed by atoms with Crippen LogP contribution in [0.15, 0.2) is 24.4 Å². The molecule has 0 unspecified atom stereocenters. The highest BCUT2D eigenvalue weighted by molar-refractivity contribution is 4.99. The standard InChI is InChI=1S/C17H31NO2/c1-2-3-4-5-6-7-8-9-10-11-12-13-14-15-16-17-18(19)20/h14-17H,2-13H2,1H3. The number of nitro groups is 1. The topological polar surface area (TPSA) is 43.1 Å². The fourth-order valence-electron chi connectivity index (χ4n) is 2.22. The second kappa shape index (κ2) is 15.9. The summed E-state index contributed by atoms with van der Waals surface area (Å²) in [6, 6.07) is 0. The summed E-state index contributed by atoms with van der Waals surface area (Å²) < 4.78 is 0. The van der Waals surface area contributed by atoms with E-state index < -0.39 is 4.92 Å². The lowest BCUT2D eigenvalue weighted by Gasteiger charge is -2.01. The van der Waals surface area contributed by atoms with Crippen LogP contribution in [0, 0.1) is 10.1 Å². The Morgan fingerprint density at radius 2 is 1.30 bits per heavy atom. The Bertz CT molecular complexity index is 272. The molecule has 20 heavy (non-hydrogen) atoms. The van der Waals surface area contributed by atoms with Crippen molar-refractivity contribution < 1.29 is 4.92 Å². The number of unbranched alkanes of at least 4 members (excludes halogenated alkanes) is 11. The third-order valence-corrected chi connectivity index (χ3v) is 3.43. The van der Waals surface area contributed by atoms with Crippen molar-refractivity contribution >= 4 is 0 Å². The third kappa shape index (κ3) is 16.9. The van der Waals surface area contributed by atoms with Gasteiger partial charge >= 0.3 is 0 Å². The molecule has 3 nitrogen and oxygen atoms in total. The quantitative estimate of drug-likeness (QED) is 0.169. The normalized spacial score (nSPS) is 11.7. The van der Waals surface area contributed by atoms with Crippen LogP contribution in [0.5, 0.6) is 0 Å². The van der Waals surface area contributed by atoms with Crippen LogP contribution in [-0.4, -0.2) is 4.92 Å². The van der Waals surface area contributed by atoms with Gasteiger partial charge in [-0.3, -0.25) is 10.1 Å². The van der Waals surface area contributed by atoms with Crippen LogP contribution < -0.4 is 0 Å². The highest BCUT2D eigenvalue weighted by atomic mass is 16.6. The van der Waals surface area contributed by atoms with Crippen molar-refractivity contribution in [1.82, 2.24) is 0 Å². The molecule has 0 saturated heterocycles. The molecule has 0 aliphatic rings. The maximum absolute atomic E-state index is 10.0. The Morgan fingerprint density at radius 1 is 0.800 bits per heavy atom. The summed E-state index contributed by atoms with van der Waals surface area (Å²) in [6.45, 7) is 2.26. The fraction of sp³-hybridized carbons (Fsp3) is 0.765. The third-order valence-electron chi connectivity index (χ3n) is 3.43. The van der Waals surface area contributed by atoms with Crippen LogP contribution in [0.25, 0.3) is 0 Å². The smallest absolute Gasteiger partial charge is 0.234 e. The summed E-state index contributed by atoms with van der Waals surface area (Å²) in [5, 5.41) is 10.0. The van der Waals surface area contributed by atoms with E-state index in [-0.39, 0.29) is 0 Å². The van der Waals surface area contributed by atoms with E-state index in [4.69, 9.17) is 0 Å². The minimum absolute atomic E-state index is 0.438. The molecule has 0 aromatic heterocycles. The van der Waals surface area contributed by atoms with Crippen molar-refractivity contribution in [3.63, 3.8) is 0 Å². The van der Waals surface area contributed by atoms with Gasteiger partial charge in [-0.2, -0.15) is 0 Å². The molecule has 0 saturated carbocycles. The first-order valence-electron chi connectivity index (χ1n) is 8.24. The predicted octanol–water partition coefficient (Wildman–Crippen LogP) is 6.03. The van der Waals surface area contributed by atoms with E-state index in [2.05, 4.69) is 6.92 Å². The molecule has 0 aliphatic carbocycles. The first-order chi connectivity index (χ1) is 9.77. The van der Waals surface area contributed by atoms with Gasteiger partial charge in [-0.05, 0) is 12.8 Å². The number of rotatable bonds is 14. The van der Waals surface area contributed by atoms with Gasteiger partial charge in [0.2, 0.25) is 6.20 Å². The summed E-state index contributed by atoms with van der Waals surface area (Å²) in [4.78, 5) is 9.58. The molecule has 0 aromatic carbocycles. The lowest BCUT2D eigenvalue weighted by atomic mass is 10.1. The number of hydrogen-bond donors (Lipinski definition) is 0. The maximum atomic E-state index is 10.0. The minimum Gasteiger partial charge on any atom is -0.259 e. The molecule has 0 N–H and O–H groups in total. The van der Waals surface area contributed by atoms with Gasteiger partial charge in [-0.25, -0.2) is 0 Å². The zero-order valence-corrected chi connectivity index (χ0v) is 13.1. The molecule has 116 valence electrons. The van der Waals surface area contributed by atoms with E-state index in [1.807, 2.05) is 6.08 Å². The molecular formula is C17H31NO2. The summed E-state index contributed by atoms with van der Waals surface area (Å²) >= 11 is 0. The van der Waals surface area contributed by atoms with Crippen LogP contribution in [0.4, 0.5) is 0 Å². The largest absolute Gasteiger partial charge is 0.259 e. The van der Waals surface area contributed by atoms with Gasteiger partial charge in [0.15, 0.2) is 0 Å². The second-order valence-corrected chi connectivity index (χ2v) is 5.38. The zero-order valence-electron chi connectivity index (χ0n) is 13.1. The van der Waals surface area contributed by atoms with Crippen LogP contribution >= 0.6 is 0 Å². The first kappa shape index (κ1) is 18.9. The minimum atomic E-state index is -0.438. The Kier molecular flexibility index (Phi) is 15.0. The number of hydrogen-bond acceptors (Lipinski definition) is 2. The SMILES string of the molecule is CCCCCCCCCCCCCC=CC=C[N+](=O)[O-]. The summed E-state index contributed by atoms with van der Waals surface area (Å²) in [5.41, 5.74) is 0. The molecule has 0 aromatic rings. The molecule has 0 spiro atoms. The van der Waals surface area contributed by atoms with Crippen LogP contribution in [0.3, 0.4) is 0 Å². The lowest BCUT2D eigenvalue weighted by Crippen LogP contribution is -1.82. The van der Waals surface area contributed by atoms with Crippen LogP contribution in [0.2, 0.25) is 0 Å². The van der Waals surface area contributed by atoms with Crippen molar-refractivity contribution in [1.29, 1.82) is 0 Å². The fourth-order valence-corrected chi connectivity index (χ4v) is 2.22. The molecule has 0 amide bonds. The average molecular weight is 281 g/mol. The lowest BCUT2D eigenvalue weighted by molar-refractivity contribution is -0.402. The van der Waals surface area contributed by atoms with Gasteiger partial charge in [0.1, 0.15) is 0 Å². The molecule has 0 atom stereocenters. The zero-order chi connectivity index (χ0) is 14.9. The maximum Gasteiger partial charge on any atom is 0.234 e. The highest BCUT2D eigenvalue weighted by Crippen LogP contribution is 2.11. The van der Waals surface area contributed by atoms with Gasteiger partial charge in [0.05, 0.1) is 4.92 Å². The Labute approximate surface area is 124 Å². The van der Waals surface area contributed by atoms with Gasteiger partial charge in [0.25, 0.3) is 0 Å². The van der Waals surface area contributed by atoms with E-state index in [0.717, 1.165) is 12.6 Å². The summed E-state index contributed by atoms with van der Waals surface area (Å²) in [6.07, 6.45) is 22.1. The van der Waals surface area contributed by atoms with Crippen LogP contribution in [0.1, 0.15) is 84.0 Å². The Balaban J connectivity index is 3.11. The van der Waals surface area contributed by atoms with E-state index >= 15 is 0 Å². The van der Waals surface area contributed by atoms with Gasteiger partial charge < -0.3 is 0 Å². The van der Waals surface area contributed by atoms with Crippen LogP contribution in [-0.2, 0) is 0 Å². The highest BCUT2D eigenvalue weighted by Gasteiger charge is 1.92. The van der Waals surface area contributed by atoms with Crippen molar-refractivity contribution in [2.45, 2.75) is 84.0 Å². The van der Waals surface area contributed by atoms with E-state index in [9.17, 15) is 10.1 Å². The number of nitrogens with zero attached hydrogens (tertiary/aromatic N) is 1. The molecule has 0 radical (unpaired) electrons. The van der Waals surface area contributed by atoms with E-state index in [0.29, 0.717) is 0 Å². The summed E-state index contributed by atoms with van der Waals surface area (Å²) in [7, 11) is 0. The molecular weight excluding hydrogens is 250 g/mol. The molecule has 0 heterocycles. The first-order valence-corrected chi connectivity index (χ1v) is 8.24. The predicted molar refractivity (Wildman–Crippen MR) is 86.4 cm³/mol. The van der Waals surface area contributed by atoms with Crippen molar-refractivity contribution in [3.05, 3.63) is 34.5 Å². The van der Waals surface area contributed by atoms with Gasteiger partial charge in [-0.15, -0.1) is 0 Å². The second-order valence-electron chi connectivity index (χ2n) is 5.38. The number of allylic oxidation sites excluding steroid dienone is 3. The Morgan fingerprint density at radius 3 is 1.80 bits per heavy atom. The molecule has 3 heteroatoms. The summed E-state index contributed by atoms with van der Waals surface area (Å²) in [5.74, 6) is 0. The van der Waals surface area contributed by atoms with Crippen molar-refractivity contribution in [3.8, 4) is 0 Å². The van der Waals surface area contributed by atoms with Crippen molar-refractivity contribution in [2.24, 2.45) is 0 Å². The van der Waals surface area contributed by atoms with Gasteiger partial charge in [-0.1, -0.05) is 83.3 Å². The van der Waals surface area contributed by atoms with Crippen molar-refractivity contribution in [2.75, 3.05) is 0 Å². The molecule has 0 bridgehead atoms. The molecule has 0 fully saturated rings. The Hall–Kier alpha value is -1.12. The average Bonchev–Trinajstić information content (AvgIpc) is 2.43. The van der Waals surface area contributed by atoms with E-state index in [1.54, 1.807) is 6.08 Å². The monoisotopic (exact) mass is 281 g/mol. The van der Waals surface area contributed by atoms with Gasteiger partial charge in [0, 0.05) is 6.08 Å². The molecule has 0 aliphatic heterocycles. The van der Waals surface area contributed by atoms with E-state index in [1.165, 1.54) is 76.7 Å². The molecule has 0 rings (SSSR count).